The molecule has 1 aromatic carbocycles. The first-order valence-corrected chi connectivity index (χ1v) is 13.2. The SMILES string of the molecule is O=C(NCCN1C(=O)SC(=Cc2cccs2)C1=O)c1cccc(S(=O)(=O)N2CCCC2)c1. The Balaban J connectivity index is 1.36. The van der Waals surface area contributed by atoms with Crippen LogP contribution in [-0.2, 0) is 14.8 Å². The van der Waals surface area contributed by atoms with Gasteiger partial charge in [0, 0.05) is 36.6 Å². The molecule has 2 aliphatic heterocycles. The quantitative estimate of drug-likeness (QED) is 0.597. The summed E-state index contributed by atoms with van der Waals surface area (Å²) in [4.78, 5) is 39.6. The molecule has 3 heterocycles. The van der Waals surface area contributed by atoms with Crippen molar-refractivity contribution in [1.29, 1.82) is 0 Å². The van der Waals surface area contributed by atoms with E-state index in [1.54, 1.807) is 6.08 Å². The average molecular weight is 492 g/mol. The van der Waals surface area contributed by atoms with E-state index in [9.17, 15) is 22.8 Å². The molecule has 0 aliphatic carbocycles. The van der Waals surface area contributed by atoms with Crippen LogP contribution >= 0.6 is 23.1 Å². The van der Waals surface area contributed by atoms with Crippen molar-refractivity contribution in [3.8, 4) is 0 Å². The molecule has 0 unspecified atom stereocenters. The number of thiophene rings is 1. The molecular formula is C21H21N3O5S3. The molecule has 2 aliphatic rings. The number of nitrogens with zero attached hydrogens (tertiary/aromatic N) is 2. The van der Waals surface area contributed by atoms with Crippen LogP contribution in [0.15, 0.2) is 51.6 Å². The van der Waals surface area contributed by atoms with Gasteiger partial charge in [0.25, 0.3) is 17.1 Å². The fourth-order valence-corrected chi connectivity index (χ4v) is 6.61. The maximum atomic E-state index is 12.7. The van der Waals surface area contributed by atoms with Gasteiger partial charge in [-0.3, -0.25) is 19.3 Å². The van der Waals surface area contributed by atoms with E-state index >= 15 is 0 Å². The molecule has 2 aromatic rings. The van der Waals surface area contributed by atoms with Crippen molar-refractivity contribution in [2.24, 2.45) is 0 Å². The van der Waals surface area contributed by atoms with Gasteiger partial charge in [0.2, 0.25) is 10.0 Å². The van der Waals surface area contributed by atoms with Crippen LogP contribution in [0.1, 0.15) is 28.1 Å². The van der Waals surface area contributed by atoms with Crippen LogP contribution in [0.3, 0.4) is 0 Å². The zero-order chi connectivity index (χ0) is 22.7. The van der Waals surface area contributed by atoms with Crippen LogP contribution in [0, 0.1) is 0 Å². The van der Waals surface area contributed by atoms with Crippen LogP contribution < -0.4 is 5.32 Å². The second-order valence-electron chi connectivity index (χ2n) is 7.24. The van der Waals surface area contributed by atoms with Gasteiger partial charge in [0.15, 0.2) is 0 Å². The number of hydrogen-bond acceptors (Lipinski definition) is 7. The summed E-state index contributed by atoms with van der Waals surface area (Å²) in [5.74, 6) is -0.856. The largest absolute Gasteiger partial charge is 0.350 e. The number of rotatable bonds is 7. The Hall–Kier alpha value is -2.47. The monoisotopic (exact) mass is 491 g/mol. The first kappa shape index (κ1) is 22.7. The van der Waals surface area contributed by atoms with Gasteiger partial charge in [0.05, 0.1) is 9.80 Å². The summed E-state index contributed by atoms with van der Waals surface area (Å²) in [5, 5.41) is 4.16. The van der Waals surface area contributed by atoms with Crippen LogP contribution in [-0.4, -0.2) is 60.9 Å². The molecule has 0 atom stereocenters. The number of amides is 3. The highest BCUT2D eigenvalue weighted by molar-refractivity contribution is 8.18. The highest BCUT2D eigenvalue weighted by atomic mass is 32.2. The van der Waals surface area contributed by atoms with E-state index in [1.165, 1.54) is 39.9 Å². The van der Waals surface area contributed by atoms with Gasteiger partial charge < -0.3 is 5.32 Å². The zero-order valence-corrected chi connectivity index (χ0v) is 19.5. The molecule has 0 spiro atoms. The first-order valence-electron chi connectivity index (χ1n) is 10.0. The summed E-state index contributed by atoms with van der Waals surface area (Å²) in [6.45, 7) is 1.06. The van der Waals surface area contributed by atoms with E-state index in [-0.39, 0.29) is 34.7 Å². The lowest BCUT2D eigenvalue weighted by atomic mass is 10.2. The second-order valence-corrected chi connectivity index (χ2v) is 11.2. The van der Waals surface area contributed by atoms with E-state index in [4.69, 9.17) is 0 Å². The van der Waals surface area contributed by atoms with Crippen molar-refractivity contribution in [1.82, 2.24) is 14.5 Å². The maximum absolute atomic E-state index is 12.7. The summed E-state index contributed by atoms with van der Waals surface area (Å²) >= 11 is 2.34. The van der Waals surface area contributed by atoms with E-state index in [2.05, 4.69) is 5.32 Å². The molecule has 0 bridgehead atoms. The third-order valence-electron chi connectivity index (χ3n) is 5.11. The molecule has 1 aromatic heterocycles. The van der Waals surface area contributed by atoms with Crippen molar-refractivity contribution in [3.63, 3.8) is 0 Å². The normalized spacial score (nSPS) is 18.6. The van der Waals surface area contributed by atoms with E-state index < -0.39 is 15.9 Å². The zero-order valence-electron chi connectivity index (χ0n) is 17.0. The van der Waals surface area contributed by atoms with Crippen LogP contribution in [0.4, 0.5) is 4.79 Å². The molecule has 8 nitrogen and oxygen atoms in total. The minimum Gasteiger partial charge on any atom is -0.350 e. The number of sulfonamides is 1. The highest BCUT2D eigenvalue weighted by Crippen LogP contribution is 2.32. The smallest absolute Gasteiger partial charge is 0.293 e. The van der Waals surface area contributed by atoms with Gasteiger partial charge in [-0.2, -0.15) is 4.31 Å². The van der Waals surface area contributed by atoms with Crippen molar-refractivity contribution < 1.29 is 22.8 Å². The summed E-state index contributed by atoms with van der Waals surface area (Å²) in [6.07, 6.45) is 3.34. The first-order chi connectivity index (χ1) is 15.4. The fourth-order valence-electron chi connectivity index (χ4n) is 3.45. The lowest BCUT2D eigenvalue weighted by molar-refractivity contribution is -0.122. The van der Waals surface area contributed by atoms with Crippen molar-refractivity contribution in [2.75, 3.05) is 26.2 Å². The number of thioether (sulfide) groups is 1. The number of imide groups is 1. The molecule has 11 heteroatoms. The van der Waals surface area contributed by atoms with Crippen molar-refractivity contribution in [2.45, 2.75) is 17.7 Å². The molecule has 2 fully saturated rings. The summed E-state index contributed by atoms with van der Waals surface area (Å²) in [7, 11) is -3.62. The third-order valence-corrected chi connectivity index (χ3v) is 8.73. The van der Waals surface area contributed by atoms with Crippen molar-refractivity contribution in [3.05, 3.63) is 57.1 Å². The Bertz CT molecular complexity index is 1170. The van der Waals surface area contributed by atoms with Gasteiger partial charge in [-0.05, 0) is 60.3 Å². The van der Waals surface area contributed by atoms with Gasteiger partial charge in [0.1, 0.15) is 0 Å². The Morgan fingerprint density at radius 2 is 1.91 bits per heavy atom. The topological polar surface area (TPSA) is 104 Å². The lowest BCUT2D eigenvalue weighted by Crippen LogP contribution is -2.37. The fraction of sp³-hybridized carbons (Fsp3) is 0.286. The predicted molar refractivity (Wildman–Crippen MR) is 124 cm³/mol. The van der Waals surface area contributed by atoms with E-state index in [0.717, 1.165) is 34.4 Å². The molecule has 1 N–H and O–H groups in total. The Kier molecular flexibility index (Phi) is 6.79. The molecule has 4 rings (SSSR count). The number of nitrogens with one attached hydrogen (secondary N) is 1. The Labute approximate surface area is 194 Å². The van der Waals surface area contributed by atoms with Gasteiger partial charge in [-0.25, -0.2) is 8.42 Å². The molecule has 168 valence electrons. The number of carbonyl (C=O) groups excluding carboxylic acids is 3. The highest BCUT2D eigenvalue weighted by Gasteiger charge is 2.34. The van der Waals surface area contributed by atoms with Crippen molar-refractivity contribution >= 4 is 56.3 Å². The molecule has 0 saturated carbocycles. The van der Waals surface area contributed by atoms with Gasteiger partial charge >= 0.3 is 0 Å². The van der Waals surface area contributed by atoms with Crippen LogP contribution in [0.5, 0.6) is 0 Å². The average Bonchev–Trinajstić information content (AvgIpc) is 3.54. The maximum Gasteiger partial charge on any atom is 0.293 e. The van der Waals surface area contributed by atoms with E-state index in [0.29, 0.717) is 18.0 Å². The van der Waals surface area contributed by atoms with Crippen LogP contribution in [0.2, 0.25) is 0 Å². The number of hydrogen-bond donors (Lipinski definition) is 1. The minimum absolute atomic E-state index is 0.0317. The molecule has 3 amide bonds. The number of benzene rings is 1. The van der Waals surface area contributed by atoms with Gasteiger partial charge in [-0.1, -0.05) is 12.1 Å². The molecular weight excluding hydrogens is 470 g/mol. The Morgan fingerprint density at radius 1 is 1.12 bits per heavy atom. The molecule has 2 saturated heterocycles. The van der Waals surface area contributed by atoms with Gasteiger partial charge in [-0.15, -0.1) is 11.3 Å². The standard InChI is InChI=1S/C21H21N3O5S3/c25-19(15-5-3-7-17(13-15)32(28,29)23-9-1-2-10-23)22-8-11-24-20(26)18(31-21(24)27)14-16-6-4-12-30-16/h3-7,12-14H,1-2,8-11H2,(H,22,25). The second kappa shape index (κ2) is 9.57. The Morgan fingerprint density at radius 3 is 2.62 bits per heavy atom. The molecule has 0 radical (unpaired) electrons. The summed E-state index contributed by atoms with van der Waals surface area (Å²) in [5.41, 5.74) is 0.206. The summed E-state index contributed by atoms with van der Waals surface area (Å²) in [6, 6.07) is 9.61. The summed E-state index contributed by atoms with van der Waals surface area (Å²) < 4.78 is 26.9. The predicted octanol–water partition coefficient (Wildman–Crippen LogP) is 3.00. The van der Waals surface area contributed by atoms with Crippen LogP contribution in [0.25, 0.3) is 6.08 Å². The minimum atomic E-state index is -3.62. The number of carbonyl (C=O) groups is 3. The van der Waals surface area contributed by atoms with E-state index in [1.807, 2.05) is 17.5 Å². The lowest BCUT2D eigenvalue weighted by Gasteiger charge is -2.16. The molecule has 32 heavy (non-hydrogen) atoms. The third kappa shape index (κ3) is 4.80.